The van der Waals surface area contributed by atoms with Crippen LogP contribution in [0.3, 0.4) is 0 Å². The van der Waals surface area contributed by atoms with Crippen molar-refractivity contribution in [1.29, 1.82) is 0 Å². The SMILES string of the molecule is OC/C=C/c1cc(-c2ccccc2)n[nH]1. The van der Waals surface area contributed by atoms with E-state index < -0.39 is 0 Å². The minimum absolute atomic E-state index is 0.0414. The van der Waals surface area contributed by atoms with E-state index in [0.717, 1.165) is 17.0 Å². The first-order valence-corrected chi connectivity index (χ1v) is 4.78. The van der Waals surface area contributed by atoms with Crippen LogP contribution in [0.25, 0.3) is 17.3 Å². The Hall–Kier alpha value is -1.87. The first-order chi connectivity index (χ1) is 7.40. The zero-order valence-electron chi connectivity index (χ0n) is 8.22. The van der Waals surface area contributed by atoms with E-state index >= 15 is 0 Å². The van der Waals surface area contributed by atoms with Crippen LogP contribution in [0.5, 0.6) is 0 Å². The number of benzene rings is 1. The van der Waals surface area contributed by atoms with Gasteiger partial charge in [0.2, 0.25) is 0 Å². The van der Waals surface area contributed by atoms with Gasteiger partial charge in [-0.1, -0.05) is 36.4 Å². The van der Waals surface area contributed by atoms with E-state index in [1.165, 1.54) is 0 Å². The van der Waals surface area contributed by atoms with Crippen LogP contribution in [-0.2, 0) is 0 Å². The Morgan fingerprint density at radius 3 is 2.80 bits per heavy atom. The number of nitrogens with zero attached hydrogens (tertiary/aromatic N) is 1. The van der Waals surface area contributed by atoms with Crippen molar-refractivity contribution in [3.63, 3.8) is 0 Å². The Bertz CT molecular complexity index is 446. The number of aromatic nitrogens is 2. The number of aliphatic hydroxyl groups is 1. The fraction of sp³-hybridized carbons (Fsp3) is 0.0833. The number of hydrogen-bond donors (Lipinski definition) is 2. The summed E-state index contributed by atoms with van der Waals surface area (Å²) in [5, 5.41) is 15.7. The number of hydrogen-bond acceptors (Lipinski definition) is 2. The van der Waals surface area contributed by atoms with E-state index in [-0.39, 0.29) is 6.61 Å². The molecule has 1 aromatic heterocycles. The van der Waals surface area contributed by atoms with Crippen LogP contribution in [-0.4, -0.2) is 21.9 Å². The third-order valence-electron chi connectivity index (χ3n) is 2.07. The van der Waals surface area contributed by atoms with Crippen LogP contribution in [0, 0.1) is 0 Å². The molecule has 0 aliphatic heterocycles. The average molecular weight is 200 g/mol. The maximum Gasteiger partial charge on any atom is 0.0926 e. The molecule has 0 atom stereocenters. The number of aromatic amines is 1. The van der Waals surface area contributed by atoms with E-state index in [1.54, 1.807) is 12.2 Å². The molecular formula is C12H12N2O. The molecule has 1 heterocycles. The highest BCUT2D eigenvalue weighted by atomic mass is 16.2. The standard InChI is InChI=1S/C12H12N2O/c15-8-4-7-11-9-12(14-13-11)10-5-2-1-3-6-10/h1-7,9,15H,8H2,(H,13,14)/b7-4+. The summed E-state index contributed by atoms with van der Waals surface area (Å²) in [5.74, 6) is 0. The van der Waals surface area contributed by atoms with Gasteiger partial charge in [-0.15, -0.1) is 0 Å². The molecule has 76 valence electrons. The zero-order chi connectivity index (χ0) is 10.5. The van der Waals surface area contributed by atoms with Gasteiger partial charge in [-0.25, -0.2) is 0 Å². The number of H-pyrrole nitrogens is 1. The smallest absolute Gasteiger partial charge is 0.0926 e. The molecule has 0 amide bonds. The second-order valence-electron chi connectivity index (χ2n) is 3.16. The molecule has 0 aliphatic rings. The van der Waals surface area contributed by atoms with Crippen molar-refractivity contribution in [2.45, 2.75) is 0 Å². The molecule has 0 spiro atoms. The van der Waals surface area contributed by atoms with Crippen LogP contribution >= 0.6 is 0 Å². The summed E-state index contributed by atoms with van der Waals surface area (Å²) in [4.78, 5) is 0. The molecule has 0 unspecified atom stereocenters. The Morgan fingerprint density at radius 2 is 2.07 bits per heavy atom. The molecular weight excluding hydrogens is 188 g/mol. The summed E-state index contributed by atoms with van der Waals surface area (Å²) < 4.78 is 0. The molecule has 1 aromatic carbocycles. The lowest BCUT2D eigenvalue weighted by molar-refractivity contribution is 0.343. The summed E-state index contributed by atoms with van der Waals surface area (Å²) in [6, 6.07) is 11.9. The molecule has 0 saturated heterocycles. The van der Waals surface area contributed by atoms with Crippen molar-refractivity contribution in [1.82, 2.24) is 10.2 Å². The van der Waals surface area contributed by atoms with E-state index in [4.69, 9.17) is 5.11 Å². The minimum atomic E-state index is 0.0414. The molecule has 0 radical (unpaired) electrons. The molecule has 2 N–H and O–H groups in total. The molecule has 15 heavy (non-hydrogen) atoms. The summed E-state index contributed by atoms with van der Waals surface area (Å²) in [6.07, 6.45) is 3.47. The van der Waals surface area contributed by atoms with Crippen molar-refractivity contribution in [3.05, 3.63) is 48.2 Å². The molecule has 3 heteroatoms. The quantitative estimate of drug-likeness (QED) is 0.797. The van der Waals surface area contributed by atoms with Crippen molar-refractivity contribution in [3.8, 4) is 11.3 Å². The highest BCUT2D eigenvalue weighted by molar-refractivity contribution is 5.62. The molecule has 0 bridgehead atoms. The Kier molecular flexibility index (Phi) is 2.95. The van der Waals surface area contributed by atoms with Gasteiger partial charge in [0.05, 0.1) is 18.0 Å². The molecule has 0 fully saturated rings. The van der Waals surface area contributed by atoms with Gasteiger partial charge in [0.15, 0.2) is 0 Å². The van der Waals surface area contributed by atoms with Gasteiger partial charge in [0.1, 0.15) is 0 Å². The maximum atomic E-state index is 8.63. The van der Waals surface area contributed by atoms with E-state index in [1.807, 2.05) is 36.4 Å². The first kappa shape index (κ1) is 9.68. The number of aliphatic hydroxyl groups excluding tert-OH is 1. The lowest BCUT2D eigenvalue weighted by Gasteiger charge is -1.92. The molecule has 2 rings (SSSR count). The van der Waals surface area contributed by atoms with Crippen molar-refractivity contribution in [2.24, 2.45) is 0 Å². The first-order valence-electron chi connectivity index (χ1n) is 4.78. The predicted octanol–water partition coefficient (Wildman–Crippen LogP) is 2.08. The fourth-order valence-electron chi connectivity index (χ4n) is 1.36. The zero-order valence-corrected chi connectivity index (χ0v) is 8.22. The van der Waals surface area contributed by atoms with E-state index in [0.29, 0.717) is 0 Å². The van der Waals surface area contributed by atoms with Crippen LogP contribution < -0.4 is 0 Å². The second-order valence-corrected chi connectivity index (χ2v) is 3.16. The van der Waals surface area contributed by atoms with Gasteiger partial charge in [0, 0.05) is 5.56 Å². The molecule has 3 nitrogen and oxygen atoms in total. The Morgan fingerprint density at radius 1 is 1.27 bits per heavy atom. The lowest BCUT2D eigenvalue weighted by atomic mass is 10.1. The minimum Gasteiger partial charge on any atom is -0.392 e. The summed E-state index contributed by atoms with van der Waals surface area (Å²) in [6.45, 7) is 0.0414. The van der Waals surface area contributed by atoms with Gasteiger partial charge >= 0.3 is 0 Å². The number of rotatable bonds is 3. The van der Waals surface area contributed by atoms with Crippen LogP contribution in [0.1, 0.15) is 5.69 Å². The van der Waals surface area contributed by atoms with Crippen LogP contribution in [0.2, 0.25) is 0 Å². The largest absolute Gasteiger partial charge is 0.392 e. The lowest BCUT2D eigenvalue weighted by Crippen LogP contribution is -1.75. The molecule has 0 aliphatic carbocycles. The van der Waals surface area contributed by atoms with Gasteiger partial charge in [0.25, 0.3) is 0 Å². The van der Waals surface area contributed by atoms with E-state index in [2.05, 4.69) is 10.2 Å². The highest BCUT2D eigenvalue weighted by Crippen LogP contribution is 2.17. The summed E-state index contributed by atoms with van der Waals surface area (Å²) >= 11 is 0. The predicted molar refractivity (Wildman–Crippen MR) is 60.1 cm³/mol. The van der Waals surface area contributed by atoms with E-state index in [9.17, 15) is 0 Å². The summed E-state index contributed by atoms with van der Waals surface area (Å²) in [5.41, 5.74) is 2.88. The fourth-order valence-corrected chi connectivity index (χ4v) is 1.36. The van der Waals surface area contributed by atoms with Gasteiger partial charge in [-0.05, 0) is 12.1 Å². The van der Waals surface area contributed by atoms with Crippen LogP contribution in [0.4, 0.5) is 0 Å². The van der Waals surface area contributed by atoms with Crippen molar-refractivity contribution >= 4 is 6.08 Å². The number of nitrogens with one attached hydrogen (secondary N) is 1. The monoisotopic (exact) mass is 200 g/mol. The summed E-state index contributed by atoms with van der Waals surface area (Å²) in [7, 11) is 0. The van der Waals surface area contributed by atoms with Crippen molar-refractivity contribution in [2.75, 3.05) is 6.61 Å². The maximum absolute atomic E-state index is 8.63. The third kappa shape index (κ3) is 2.33. The molecule has 2 aromatic rings. The third-order valence-corrected chi connectivity index (χ3v) is 2.07. The highest BCUT2D eigenvalue weighted by Gasteiger charge is 2.00. The molecule has 0 saturated carbocycles. The Balaban J connectivity index is 2.24. The average Bonchev–Trinajstić information content (AvgIpc) is 2.76. The van der Waals surface area contributed by atoms with Crippen molar-refractivity contribution < 1.29 is 5.11 Å². The topological polar surface area (TPSA) is 48.9 Å². The normalized spacial score (nSPS) is 11.0. The van der Waals surface area contributed by atoms with Gasteiger partial charge in [-0.2, -0.15) is 5.10 Å². The van der Waals surface area contributed by atoms with Crippen LogP contribution in [0.15, 0.2) is 42.5 Å². The Labute approximate surface area is 88.1 Å². The second kappa shape index (κ2) is 4.57. The van der Waals surface area contributed by atoms with Gasteiger partial charge in [-0.3, -0.25) is 5.10 Å². The van der Waals surface area contributed by atoms with Gasteiger partial charge < -0.3 is 5.11 Å².